The molecule has 144 valence electrons. The van der Waals surface area contributed by atoms with Crippen molar-refractivity contribution in [3.8, 4) is 0 Å². The molecule has 0 fully saturated rings. The highest BCUT2D eigenvalue weighted by Crippen LogP contribution is 2.19. The Morgan fingerprint density at radius 2 is 1.86 bits per heavy atom. The third kappa shape index (κ3) is 5.45. The Kier molecular flexibility index (Phi) is 7.34. The maximum absolute atomic E-state index is 13.3. The average Bonchev–Trinajstić information content (AvgIpc) is 2.67. The molecule has 0 aliphatic heterocycles. The van der Waals surface area contributed by atoms with Crippen LogP contribution in [0.1, 0.15) is 33.2 Å². The lowest BCUT2D eigenvalue weighted by Gasteiger charge is -2.24. The Balaban J connectivity index is 2.47. The topological polar surface area (TPSA) is 83.6 Å². The number of anilines is 1. The normalized spacial score (nSPS) is 11.4. The number of nitrogens with two attached hydrogens (primary N) is 1. The smallest absolute Gasteiger partial charge is 0.336 e. The lowest BCUT2D eigenvalue weighted by atomic mass is 10.0. The predicted molar refractivity (Wildman–Crippen MR) is 112 cm³/mol. The second-order valence-corrected chi connectivity index (χ2v) is 6.23. The molecule has 0 bridgehead atoms. The third-order valence-corrected chi connectivity index (χ3v) is 4.09. The van der Waals surface area contributed by atoms with E-state index in [1.807, 2.05) is 55.5 Å². The molecule has 0 saturated carbocycles. The number of rotatable bonds is 8. The molecular formula is C23H24N2O3. The van der Waals surface area contributed by atoms with Gasteiger partial charge in [0.1, 0.15) is 0 Å². The number of nitrogen functional groups attached to an aromatic ring is 1. The molecular weight excluding hydrogens is 352 g/mol. The minimum absolute atomic E-state index is 0.0712. The summed E-state index contributed by atoms with van der Waals surface area (Å²) in [6.45, 7) is 6.24. The number of carboxylic acid groups (broad SMARTS) is 1. The van der Waals surface area contributed by atoms with Crippen LogP contribution < -0.4 is 5.73 Å². The maximum Gasteiger partial charge on any atom is 0.336 e. The summed E-state index contributed by atoms with van der Waals surface area (Å²) >= 11 is 0. The highest BCUT2D eigenvalue weighted by molar-refractivity contribution is 6.05. The van der Waals surface area contributed by atoms with Gasteiger partial charge in [0.15, 0.2) is 0 Å². The average molecular weight is 376 g/mol. The molecule has 0 spiro atoms. The number of nitrogens with zero attached hydrogens (tertiary/aromatic N) is 1. The Bertz CT molecular complexity index is 915. The van der Waals surface area contributed by atoms with Crippen LogP contribution >= 0.6 is 0 Å². The minimum atomic E-state index is -1.17. The number of benzene rings is 2. The Hall–Kier alpha value is -3.60. The number of amides is 1. The summed E-state index contributed by atoms with van der Waals surface area (Å²) in [6, 6.07) is 13.8. The van der Waals surface area contributed by atoms with Gasteiger partial charge in [0.05, 0.1) is 11.1 Å². The van der Waals surface area contributed by atoms with Gasteiger partial charge in [-0.05, 0) is 36.3 Å². The summed E-state index contributed by atoms with van der Waals surface area (Å²) < 4.78 is 0. The highest BCUT2D eigenvalue weighted by atomic mass is 16.4. The molecule has 0 aliphatic rings. The minimum Gasteiger partial charge on any atom is -0.478 e. The van der Waals surface area contributed by atoms with Crippen molar-refractivity contribution >= 4 is 17.6 Å². The molecule has 0 saturated heterocycles. The fourth-order valence-electron chi connectivity index (χ4n) is 2.85. The van der Waals surface area contributed by atoms with Crippen molar-refractivity contribution in [2.45, 2.75) is 13.5 Å². The van der Waals surface area contributed by atoms with Crippen molar-refractivity contribution in [3.63, 3.8) is 0 Å². The second kappa shape index (κ2) is 9.92. The van der Waals surface area contributed by atoms with E-state index in [0.29, 0.717) is 18.8 Å². The fourth-order valence-corrected chi connectivity index (χ4v) is 2.85. The Morgan fingerprint density at radius 3 is 2.46 bits per heavy atom. The van der Waals surface area contributed by atoms with Gasteiger partial charge in [-0.1, -0.05) is 61.2 Å². The molecule has 5 heteroatoms. The molecule has 5 nitrogen and oxygen atoms in total. The molecule has 28 heavy (non-hydrogen) atoms. The molecule has 0 aliphatic carbocycles. The van der Waals surface area contributed by atoms with E-state index in [1.165, 1.54) is 18.2 Å². The van der Waals surface area contributed by atoms with Crippen LogP contribution in [0.2, 0.25) is 0 Å². The Labute approximate surface area is 165 Å². The van der Waals surface area contributed by atoms with E-state index in [1.54, 1.807) is 11.0 Å². The van der Waals surface area contributed by atoms with Crippen molar-refractivity contribution in [2.24, 2.45) is 0 Å². The van der Waals surface area contributed by atoms with Crippen LogP contribution in [0, 0.1) is 0 Å². The summed E-state index contributed by atoms with van der Waals surface area (Å²) in [4.78, 5) is 26.5. The van der Waals surface area contributed by atoms with Gasteiger partial charge in [0.2, 0.25) is 0 Å². The van der Waals surface area contributed by atoms with Gasteiger partial charge in [-0.2, -0.15) is 0 Å². The first-order chi connectivity index (χ1) is 13.5. The number of carbonyl (C=O) groups excluding carboxylic acids is 1. The van der Waals surface area contributed by atoms with Gasteiger partial charge in [0, 0.05) is 18.8 Å². The molecule has 2 aromatic rings. The van der Waals surface area contributed by atoms with Crippen LogP contribution in [-0.4, -0.2) is 28.4 Å². The summed E-state index contributed by atoms with van der Waals surface area (Å²) in [7, 11) is 0. The van der Waals surface area contributed by atoms with Crippen molar-refractivity contribution in [1.29, 1.82) is 0 Å². The largest absolute Gasteiger partial charge is 0.478 e. The fraction of sp³-hybridized carbons (Fsp3) is 0.130. The van der Waals surface area contributed by atoms with E-state index in [9.17, 15) is 14.7 Å². The predicted octanol–water partition coefficient (Wildman–Crippen LogP) is 4.30. The molecule has 0 unspecified atom stereocenters. The quantitative estimate of drug-likeness (QED) is 0.531. The first kappa shape index (κ1) is 20.7. The first-order valence-electron chi connectivity index (χ1n) is 8.86. The number of allylic oxidation sites excluding steroid dienone is 3. The molecule has 0 atom stereocenters. The number of carboxylic acids is 1. The molecule has 2 aromatic carbocycles. The molecule has 3 N–H and O–H groups in total. The maximum atomic E-state index is 13.3. The number of aromatic carboxylic acids is 1. The van der Waals surface area contributed by atoms with Gasteiger partial charge in [-0.15, -0.1) is 0 Å². The third-order valence-electron chi connectivity index (χ3n) is 4.09. The number of hydrogen-bond acceptors (Lipinski definition) is 3. The van der Waals surface area contributed by atoms with Crippen molar-refractivity contribution in [1.82, 2.24) is 4.90 Å². The SMILES string of the molecule is C=C/C=C(\C=C/C)CN(Cc1ccccc1)C(=O)c1cc(N)ccc1C(=O)O. The van der Waals surface area contributed by atoms with Crippen LogP contribution in [0.15, 0.2) is 85.0 Å². The van der Waals surface area contributed by atoms with E-state index < -0.39 is 11.9 Å². The van der Waals surface area contributed by atoms with Crippen LogP contribution in [-0.2, 0) is 6.54 Å². The molecule has 1 amide bonds. The highest BCUT2D eigenvalue weighted by Gasteiger charge is 2.23. The van der Waals surface area contributed by atoms with E-state index in [-0.39, 0.29) is 11.1 Å². The summed E-state index contributed by atoms with van der Waals surface area (Å²) in [5, 5.41) is 9.48. The number of carbonyl (C=O) groups is 2. The molecule has 2 rings (SSSR count). The second-order valence-electron chi connectivity index (χ2n) is 6.23. The zero-order valence-electron chi connectivity index (χ0n) is 15.8. The van der Waals surface area contributed by atoms with Crippen molar-refractivity contribution in [3.05, 3.63) is 102 Å². The van der Waals surface area contributed by atoms with Gasteiger partial charge in [0.25, 0.3) is 5.91 Å². The number of hydrogen-bond donors (Lipinski definition) is 2. The van der Waals surface area contributed by atoms with E-state index in [4.69, 9.17) is 5.73 Å². The summed E-state index contributed by atoms with van der Waals surface area (Å²) in [5.41, 5.74) is 7.97. The molecule has 0 radical (unpaired) electrons. The van der Waals surface area contributed by atoms with Crippen LogP contribution in [0.25, 0.3) is 0 Å². The summed E-state index contributed by atoms with van der Waals surface area (Å²) in [6.07, 6.45) is 7.25. The summed E-state index contributed by atoms with van der Waals surface area (Å²) in [5.74, 6) is -1.56. The molecule has 0 heterocycles. The van der Waals surface area contributed by atoms with Gasteiger partial charge in [-0.3, -0.25) is 4.79 Å². The van der Waals surface area contributed by atoms with Crippen LogP contribution in [0.3, 0.4) is 0 Å². The first-order valence-corrected chi connectivity index (χ1v) is 8.86. The van der Waals surface area contributed by atoms with Gasteiger partial charge >= 0.3 is 5.97 Å². The Morgan fingerprint density at radius 1 is 1.14 bits per heavy atom. The zero-order valence-corrected chi connectivity index (χ0v) is 15.8. The van der Waals surface area contributed by atoms with Crippen LogP contribution in [0.4, 0.5) is 5.69 Å². The lowest BCUT2D eigenvalue weighted by Crippen LogP contribution is -2.33. The molecule has 0 aromatic heterocycles. The van der Waals surface area contributed by atoms with E-state index in [2.05, 4.69) is 6.58 Å². The standard InChI is InChI=1S/C23H24N2O3/c1-3-8-17(9-4-2)15-25(16-18-10-6-5-7-11-18)22(26)21-14-19(24)12-13-20(21)23(27)28/h3-14H,1,15-16,24H2,2H3,(H,27,28)/b9-4-,17-8+. The zero-order chi connectivity index (χ0) is 20.5. The van der Waals surface area contributed by atoms with Crippen LogP contribution in [0.5, 0.6) is 0 Å². The van der Waals surface area contributed by atoms with Gasteiger partial charge in [-0.25, -0.2) is 4.79 Å². The van der Waals surface area contributed by atoms with Crippen molar-refractivity contribution in [2.75, 3.05) is 12.3 Å². The lowest BCUT2D eigenvalue weighted by molar-refractivity contribution is 0.0676. The van der Waals surface area contributed by atoms with Gasteiger partial charge < -0.3 is 15.7 Å². The van der Waals surface area contributed by atoms with Crippen molar-refractivity contribution < 1.29 is 14.7 Å². The monoisotopic (exact) mass is 376 g/mol. The van der Waals surface area contributed by atoms with E-state index >= 15 is 0 Å². The van der Waals surface area contributed by atoms with E-state index in [0.717, 1.165) is 11.1 Å².